The number of hydrogen-bond acceptors (Lipinski definition) is 4. The van der Waals surface area contributed by atoms with E-state index in [1.807, 2.05) is 6.07 Å². The second-order valence-electron chi connectivity index (χ2n) is 10.6. The van der Waals surface area contributed by atoms with E-state index in [2.05, 4.69) is 34.5 Å². The molecule has 0 saturated heterocycles. The Morgan fingerprint density at radius 2 is 1.54 bits per heavy atom. The van der Waals surface area contributed by atoms with Crippen LogP contribution in [0.3, 0.4) is 0 Å². The number of carbonyl (C=O) groups is 2. The van der Waals surface area contributed by atoms with Gasteiger partial charge < -0.3 is 10.2 Å². The van der Waals surface area contributed by atoms with E-state index in [1.165, 1.54) is 23.8 Å². The third-order valence-electron chi connectivity index (χ3n) is 8.04. The van der Waals surface area contributed by atoms with Crippen molar-refractivity contribution in [2.24, 2.45) is 0 Å². The number of carbonyl (C=O) groups excluding carboxylic acids is 2. The number of sulfonamides is 1. The predicted molar refractivity (Wildman–Crippen MR) is 150 cm³/mol. The Hall–Kier alpha value is -3.36. The van der Waals surface area contributed by atoms with Crippen LogP contribution >= 0.6 is 11.6 Å². The van der Waals surface area contributed by atoms with Gasteiger partial charge in [0.05, 0.1) is 12.2 Å². The van der Waals surface area contributed by atoms with Gasteiger partial charge in [0.1, 0.15) is 4.90 Å². The first-order valence-electron chi connectivity index (χ1n) is 13.4. The zero-order chi connectivity index (χ0) is 27.1. The third kappa shape index (κ3) is 5.15. The van der Waals surface area contributed by atoms with Gasteiger partial charge in [0.15, 0.2) is 0 Å². The molecular formula is C30H30ClN3O4S. The summed E-state index contributed by atoms with van der Waals surface area (Å²) in [4.78, 5) is 28.3. The van der Waals surface area contributed by atoms with Crippen molar-refractivity contribution in [3.05, 3.63) is 94.5 Å². The maximum atomic E-state index is 13.6. The largest absolute Gasteiger partial charge is 0.336 e. The van der Waals surface area contributed by atoms with Gasteiger partial charge in [-0.1, -0.05) is 54.1 Å². The molecule has 202 valence electrons. The number of urea groups is 1. The Morgan fingerprint density at radius 3 is 2.18 bits per heavy atom. The molecule has 6 rings (SSSR count). The number of rotatable bonds is 6. The Labute approximate surface area is 233 Å². The lowest BCUT2D eigenvalue weighted by atomic mass is 9.81. The van der Waals surface area contributed by atoms with Gasteiger partial charge in [-0.2, -0.15) is 0 Å². The maximum absolute atomic E-state index is 13.6. The zero-order valence-corrected chi connectivity index (χ0v) is 23.0. The van der Waals surface area contributed by atoms with Crippen LogP contribution in [-0.4, -0.2) is 41.6 Å². The first-order valence-corrected chi connectivity index (χ1v) is 15.2. The number of nitrogens with one attached hydrogen (secondary N) is 1. The normalized spacial score (nSPS) is 22.1. The number of amides is 3. The number of anilines is 1. The van der Waals surface area contributed by atoms with Gasteiger partial charge in [-0.05, 0) is 85.9 Å². The van der Waals surface area contributed by atoms with E-state index < -0.39 is 16.1 Å². The van der Waals surface area contributed by atoms with Crippen LogP contribution in [0, 0.1) is 0 Å². The molecule has 0 spiro atoms. The number of benzene rings is 3. The summed E-state index contributed by atoms with van der Waals surface area (Å²) in [6.07, 6.45) is 6.21. The highest BCUT2D eigenvalue weighted by molar-refractivity contribution is 7.90. The maximum Gasteiger partial charge on any atom is 0.336 e. The van der Waals surface area contributed by atoms with Crippen LogP contribution in [0.15, 0.2) is 77.7 Å². The van der Waals surface area contributed by atoms with Crippen LogP contribution in [0.25, 0.3) is 0 Å². The van der Waals surface area contributed by atoms with Gasteiger partial charge >= 0.3 is 6.03 Å². The van der Waals surface area contributed by atoms with Gasteiger partial charge in [-0.25, -0.2) is 17.5 Å². The molecule has 0 radical (unpaired) electrons. The minimum Gasteiger partial charge on any atom is -0.333 e. The van der Waals surface area contributed by atoms with Gasteiger partial charge in [0.2, 0.25) is 0 Å². The Bertz CT molecular complexity index is 1500. The van der Waals surface area contributed by atoms with E-state index in [0.29, 0.717) is 23.1 Å². The van der Waals surface area contributed by atoms with E-state index in [0.717, 1.165) is 42.8 Å². The van der Waals surface area contributed by atoms with Crippen molar-refractivity contribution in [1.29, 1.82) is 0 Å². The Balaban J connectivity index is 1.15. The molecule has 1 N–H and O–H groups in total. The van der Waals surface area contributed by atoms with Crippen molar-refractivity contribution in [2.45, 2.75) is 68.0 Å². The fraction of sp³-hybridized carbons (Fsp3) is 0.333. The van der Waals surface area contributed by atoms with Crippen LogP contribution in [-0.2, 0) is 16.6 Å². The average Bonchev–Trinajstić information content (AvgIpc) is 3.78. The third-order valence-corrected chi connectivity index (χ3v) is 10.0. The summed E-state index contributed by atoms with van der Waals surface area (Å²) in [6.45, 7) is -0.148. The predicted octanol–water partition coefficient (Wildman–Crippen LogP) is 6.41. The lowest BCUT2D eigenvalue weighted by Crippen LogP contribution is -2.44. The van der Waals surface area contributed by atoms with E-state index in [9.17, 15) is 18.0 Å². The average molecular weight is 564 g/mol. The summed E-state index contributed by atoms with van der Waals surface area (Å²) in [5.74, 6) is 0.572. The fourth-order valence-corrected chi connectivity index (χ4v) is 7.57. The smallest absolute Gasteiger partial charge is 0.333 e. The summed E-state index contributed by atoms with van der Waals surface area (Å²) < 4.78 is 27.1. The van der Waals surface area contributed by atoms with Crippen LogP contribution in [0.2, 0.25) is 5.02 Å². The second kappa shape index (κ2) is 10.3. The van der Waals surface area contributed by atoms with E-state index in [1.54, 1.807) is 24.3 Å². The molecule has 2 aliphatic carbocycles. The van der Waals surface area contributed by atoms with Crippen molar-refractivity contribution in [1.82, 2.24) is 9.21 Å². The first kappa shape index (κ1) is 25.9. The van der Waals surface area contributed by atoms with Gasteiger partial charge in [0.25, 0.3) is 15.9 Å². The van der Waals surface area contributed by atoms with Crippen molar-refractivity contribution >= 4 is 39.2 Å². The van der Waals surface area contributed by atoms with Crippen molar-refractivity contribution in [2.75, 3.05) is 5.32 Å². The summed E-state index contributed by atoms with van der Waals surface area (Å²) in [7, 11) is -4.07. The Kier molecular flexibility index (Phi) is 6.85. The summed E-state index contributed by atoms with van der Waals surface area (Å²) in [5.41, 5.74) is 2.78. The van der Waals surface area contributed by atoms with E-state index in [4.69, 9.17) is 11.6 Å². The van der Waals surface area contributed by atoms with E-state index in [-0.39, 0.29) is 34.1 Å². The monoisotopic (exact) mass is 563 g/mol. The minimum atomic E-state index is -4.07. The molecule has 1 aliphatic heterocycles. The lowest BCUT2D eigenvalue weighted by molar-refractivity contribution is 0.0605. The molecule has 7 nitrogen and oxygen atoms in total. The molecule has 2 fully saturated rings. The fourth-order valence-electron chi connectivity index (χ4n) is 5.84. The van der Waals surface area contributed by atoms with Gasteiger partial charge in [0, 0.05) is 22.7 Å². The number of nitrogens with zero attached hydrogens (tertiary/aromatic N) is 2. The molecule has 3 amide bonds. The molecule has 0 atom stereocenters. The van der Waals surface area contributed by atoms with Gasteiger partial charge in [-0.3, -0.25) is 4.79 Å². The SMILES string of the molecule is O=C(c1ccc(CN2C(=O)Nc3ccc(Cl)cc3S2(=O)=O)cc1)N(C1CCC(c2ccccc2)CC1)C1CC1. The highest BCUT2D eigenvalue weighted by Gasteiger charge is 2.40. The van der Waals surface area contributed by atoms with Crippen LogP contribution in [0.1, 0.15) is 65.9 Å². The molecule has 9 heteroatoms. The highest BCUT2D eigenvalue weighted by Crippen LogP contribution is 2.39. The highest BCUT2D eigenvalue weighted by atomic mass is 35.5. The Morgan fingerprint density at radius 1 is 0.897 bits per heavy atom. The van der Waals surface area contributed by atoms with Crippen molar-refractivity contribution in [3.8, 4) is 0 Å². The molecule has 39 heavy (non-hydrogen) atoms. The summed E-state index contributed by atoms with van der Waals surface area (Å²) in [6, 6.07) is 21.7. The summed E-state index contributed by atoms with van der Waals surface area (Å²) in [5, 5.41) is 2.88. The molecule has 3 aromatic carbocycles. The molecule has 3 aromatic rings. The van der Waals surface area contributed by atoms with Crippen LogP contribution in [0.5, 0.6) is 0 Å². The van der Waals surface area contributed by atoms with Crippen molar-refractivity contribution < 1.29 is 18.0 Å². The first-order chi connectivity index (χ1) is 18.8. The molecule has 0 aromatic heterocycles. The standard InChI is InChI=1S/C30H30ClN3O4S/c31-24-12-17-27-28(18-24)39(37,38)33(30(36)32-27)19-20-6-8-23(9-7-20)29(35)34(26-15-16-26)25-13-10-22(11-14-25)21-4-2-1-3-5-21/h1-9,12,17-18,22,25-26H,10-11,13-16,19H2,(H,32,36). The molecule has 2 saturated carbocycles. The summed E-state index contributed by atoms with van der Waals surface area (Å²) >= 11 is 6.01. The number of fused-ring (bicyclic) bond motifs is 1. The lowest BCUT2D eigenvalue weighted by Gasteiger charge is -2.37. The number of hydrogen-bond donors (Lipinski definition) is 1. The topological polar surface area (TPSA) is 86.8 Å². The van der Waals surface area contributed by atoms with Crippen LogP contribution < -0.4 is 5.32 Å². The van der Waals surface area contributed by atoms with Gasteiger partial charge in [-0.15, -0.1) is 0 Å². The molecule has 0 unspecified atom stereocenters. The zero-order valence-electron chi connectivity index (χ0n) is 21.4. The minimum absolute atomic E-state index is 0.0270. The second-order valence-corrected chi connectivity index (χ2v) is 12.9. The number of halogens is 1. The molecule has 0 bridgehead atoms. The molecule has 1 heterocycles. The van der Waals surface area contributed by atoms with Crippen molar-refractivity contribution in [3.63, 3.8) is 0 Å². The molecular weight excluding hydrogens is 534 g/mol. The quantitative estimate of drug-likeness (QED) is 0.375. The molecule has 3 aliphatic rings. The van der Waals surface area contributed by atoms with E-state index >= 15 is 0 Å². The van der Waals surface area contributed by atoms with Crippen LogP contribution in [0.4, 0.5) is 10.5 Å².